The van der Waals surface area contributed by atoms with Crippen LogP contribution in [0, 0.1) is 17.8 Å². The molecule has 1 saturated carbocycles. The predicted molar refractivity (Wildman–Crippen MR) is 76.6 cm³/mol. The molecule has 0 aromatic heterocycles. The number of carbonyl (C=O) groups excluding carboxylic acids is 1. The fraction of sp³-hybridized carbons (Fsp3) is 0.438. The number of rotatable bonds is 5. The SMILES string of the molecule is COc1ccc(C(=O)NCCC2CC2)cc1C#CCO. The van der Waals surface area contributed by atoms with E-state index in [2.05, 4.69) is 17.2 Å². The van der Waals surface area contributed by atoms with Crippen LogP contribution in [0.2, 0.25) is 0 Å². The Kier molecular flexibility index (Phi) is 5.03. The van der Waals surface area contributed by atoms with E-state index in [-0.39, 0.29) is 12.5 Å². The van der Waals surface area contributed by atoms with E-state index in [1.54, 1.807) is 25.3 Å². The van der Waals surface area contributed by atoms with E-state index in [4.69, 9.17) is 9.84 Å². The van der Waals surface area contributed by atoms with Crippen molar-refractivity contribution in [1.29, 1.82) is 0 Å². The van der Waals surface area contributed by atoms with Crippen molar-refractivity contribution in [3.05, 3.63) is 29.3 Å². The number of ether oxygens (including phenoxy) is 1. The Bertz CT molecular complexity index is 538. The van der Waals surface area contributed by atoms with Crippen LogP contribution in [0.3, 0.4) is 0 Å². The van der Waals surface area contributed by atoms with Crippen molar-refractivity contribution in [3.8, 4) is 17.6 Å². The third-order valence-corrected chi connectivity index (χ3v) is 3.30. The van der Waals surface area contributed by atoms with Gasteiger partial charge in [-0.05, 0) is 30.5 Å². The lowest BCUT2D eigenvalue weighted by Gasteiger charge is -2.07. The first kappa shape index (κ1) is 14.4. The van der Waals surface area contributed by atoms with Gasteiger partial charge in [-0.25, -0.2) is 0 Å². The third kappa shape index (κ3) is 4.01. The van der Waals surface area contributed by atoms with Crippen LogP contribution in [0.5, 0.6) is 5.75 Å². The van der Waals surface area contributed by atoms with Gasteiger partial charge in [-0.2, -0.15) is 0 Å². The highest BCUT2D eigenvalue weighted by Crippen LogP contribution is 2.31. The molecular weight excluding hydrogens is 254 g/mol. The van der Waals surface area contributed by atoms with E-state index in [0.717, 1.165) is 12.3 Å². The molecule has 1 aliphatic carbocycles. The number of amides is 1. The highest BCUT2D eigenvalue weighted by molar-refractivity contribution is 5.94. The number of benzene rings is 1. The Morgan fingerprint density at radius 1 is 1.50 bits per heavy atom. The molecule has 1 aromatic carbocycles. The zero-order valence-corrected chi connectivity index (χ0v) is 11.6. The zero-order chi connectivity index (χ0) is 14.4. The second-order valence-corrected chi connectivity index (χ2v) is 4.86. The van der Waals surface area contributed by atoms with Gasteiger partial charge in [0, 0.05) is 12.1 Å². The molecule has 0 atom stereocenters. The highest BCUT2D eigenvalue weighted by atomic mass is 16.5. The Morgan fingerprint density at radius 3 is 2.95 bits per heavy atom. The summed E-state index contributed by atoms with van der Waals surface area (Å²) in [4.78, 5) is 12.0. The average Bonchev–Trinajstić information content (AvgIpc) is 3.28. The fourth-order valence-electron chi connectivity index (χ4n) is 1.98. The molecule has 4 heteroatoms. The number of aliphatic hydroxyl groups is 1. The van der Waals surface area contributed by atoms with Crippen LogP contribution in [-0.4, -0.2) is 31.3 Å². The summed E-state index contributed by atoms with van der Waals surface area (Å²) in [6, 6.07) is 5.13. The largest absolute Gasteiger partial charge is 0.495 e. The van der Waals surface area contributed by atoms with Crippen LogP contribution in [0.4, 0.5) is 0 Å². The summed E-state index contributed by atoms with van der Waals surface area (Å²) >= 11 is 0. The summed E-state index contributed by atoms with van der Waals surface area (Å²) in [5.74, 6) is 6.66. The molecule has 1 aliphatic rings. The molecule has 0 spiro atoms. The molecule has 2 N–H and O–H groups in total. The summed E-state index contributed by atoms with van der Waals surface area (Å²) in [5, 5.41) is 11.7. The Morgan fingerprint density at radius 2 is 2.30 bits per heavy atom. The lowest BCUT2D eigenvalue weighted by Crippen LogP contribution is -2.24. The average molecular weight is 273 g/mol. The molecular formula is C16H19NO3. The summed E-state index contributed by atoms with van der Waals surface area (Å²) in [6.45, 7) is 0.494. The Balaban J connectivity index is 2.04. The molecule has 106 valence electrons. The third-order valence-electron chi connectivity index (χ3n) is 3.30. The van der Waals surface area contributed by atoms with Gasteiger partial charge in [-0.15, -0.1) is 0 Å². The molecule has 0 heterocycles. The van der Waals surface area contributed by atoms with Crippen molar-refractivity contribution < 1.29 is 14.6 Å². The second-order valence-electron chi connectivity index (χ2n) is 4.86. The fourth-order valence-corrected chi connectivity index (χ4v) is 1.98. The van der Waals surface area contributed by atoms with Crippen molar-refractivity contribution in [3.63, 3.8) is 0 Å². The van der Waals surface area contributed by atoms with E-state index >= 15 is 0 Å². The number of carbonyl (C=O) groups is 1. The van der Waals surface area contributed by atoms with Crippen LogP contribution >= 0.6 is 0 Å². The van der Waals surface area contributed by atoms with Crippen LogP contribution in [0.25, 0.3) is 0 Å². The van der Waals surface area contributed by atoms with Gasteiger partial charge in [0.1, 0.15) is 12.4 Å². The van der Waals surface area contributed by atoms with Crippen LogP contribution in [0.15, 0.2) is 18.2 Å². The van der Waals surface area contributed by atoms with Gasteiger partial charge in [-0.1, -0.05) is 24.7 Å². The molecule has 1 fully saturated rings. The summed E-state index contributed by atoms with van der Waals surface area (Å²) in [7, 11) is 1.55. The van der Waals surface area contributed by atoms with Gasteiger partial charge in [0.25, 0.3) is 5.91 Å². The first-order valence-corrected chi connectivity index (χ1v) is 6.80. The summed E-state index contributed by atoms with van der Waals surface area (Å²) < 4.78 is 5.18. The molecule has 4 nitrogen and oxygen atoms in total. The summed E-state index contributed by atoms with van der Waals surface area (Å²) in [6.07, 6.45) is 3.64. The van der Waals surface area contributed by atoms with Crippen molar-refractivity contribution in [2.24, 2.45) is 5.92 Å². The minimum Gasteiger partial charge on any atom is -0.495 e. The van der Waals surface area contributed by atoms with Gasteiger partial charge in [-0.3, -0.25) is 4.79 Å². The second kappa shape index (κ2) is 6.97. The molecule has 0 unspecified atom stereocenters. The minimum absolute atomic E-state index is 0.0969. The van der Waals surface area contributed by atoms with Gasteiger partial charge in [0.15, 0.2) is 0 Å². The standard InChI is InChI=1S/C16H19NO3/c1-20-15-7-6-14(11-13(15)3-2-10-18)16(19)17-9-8-12-4-5-12/h6-7,11-12,18H,4-5,8-10H2,1H3,(H,17,19). The Labute approximate surface area is 119 Å². The van der Waals surface area contributed by atoms with Crippen molar-refractivity contribution in [2.75, 3.05) is 20.3 Å². The zero-order valence-electron chi connectivity index (χ0n) is 11.6. The monoisotopic (exact) mass is 273 g/mol. The number of methoxy groups -OCH3 is 1. The topological polar surface area (TPSA) is 58.6 Å². The predicted octanol–water partition coefficient (Wildman–Crippen LogP) is 1.57. The molecule has 20 heavy (non-hydrogen) atoms. The minimum atomic E-state index is -0.221. The van der Waals surface area contributed by atoms with E-state index in [9.17, 15) is 4.79 Å². The van der Waals surface area contributed by atoms with Gasteiger partial charge < -0.3 is 15.2 Å². The normalized spacial score (nSPS) is 13.3. The lowest BCUT2D eigenvalue weighted by molar-refractivity contribution is 0.0952. The molecule has 1 aromatic rings. The maximum absolute atomic E-state index is 12.0. The van der Waals surface area contributed by atoms with E-state index in [0.29, 0.717) is 23.4 Å². The van der Waals surface area contributed by atoms with Crippen molar-refractivity contribution in [2.45, 2.75) is 19.3 Å². The van der Waals surface area contributed by atoms with Crippen LogP contribution in [-0.2, 0) is 0 Å². The maximum atomic E-state index is 12.0. The molecule has 0 radical (unpaired) electrons. The van der Waals surface area contributed by atoms with Crippen LogP contribution in [0.1, 0.15) is 35.2 Å². The van der Waals surface area contributed by atoms with Gasteiger partial charge in [0.05, 0.1) is 12.7 Å². The first-order chi connectivity index (χ1) is 9.74. The van der Waals surface area contributed by atoms with E-state index < -0.39 is 0 Å². The molecule has 0 aliphatic heterocycles. The smallest absolute Gasteiger partial charge is 0.251 e. The molecule has 0 saturated heterocycles. The molecule has 0 bridgehead atoms. The Hall–Kier alpha value is -1.99. The van der Waals surface area contributed by atoms with Crippen molar-refractivity contribution in [1.82, 2.24) is 5.32 Å². The maximum Gasteiger partial charge on any atom is 0.251 e. The quantitative estimate of drug-likeness (QED) is 0.801. The first-order valence-electron chi connectivity index (χ1n) is 6.80. The number of hydrogen-bond donors (Lipinski definition) is 2. The highest BCUT2D eigenvalue weighted by Gasteiger charge is 2.20. The van der Waals surface area contributed by atoms with E-state index in [1.165, 1.54) is 12.8 Å². The van der Waals surface area contributed by atoms with Crippen LogP contribution < -0.4 is 10.1 Å². The molecule has 2 rings (SSSR count). The van der Waals surface area contributed by atoms with Gasteiger partial charge >= 0.3 is 0 Å². The van der Waals surface area contributed by atoms with E-state index in [1.807, 2.05) is 0 Å². The molecule has 1 amide bonds. The lowest BCUT2D eigenvalue weighted by atomic mass is 10.1. The summed E-state index contributed by atoms with van der Waals surface area (Å²) in [5.41, 5.74) is 1.17. The van der Waals surface area contributed by atoms with Gasteiger partial charge in [0.2, 0.25) is 0 Å². The van der Waals surface area contributed by atoms with Crippen molar-refractivity contribution >= 4 is 5.91 Å². The number of hydrogen-bond acceptors (Lipinski definition) is 3. The number of nitrogens with one attached hydrogen (secondary N) is 1. The number of aliphatic hydroxyl groups excluding tert-OH is 1.